The summed E-state index contributed by atoms with van der Waals surface area (Å²) < 4.78 is 2.43. The van der Waals surface area contributed by atoms with Crippen LogP contribution in [-0.2, 0) is 13.0 Å². The third-order valence-corrected chi connectivity index (χ3v) is 3.30. The number of carbonyl (C=O) groups is 1. The molecule has 20 heavy (non-hydrogen) atoms. The van der Waals surface area contributed by atoms with Crippen molar-refractivity contribution in [3.8, 4) is 0 Å². The van der Waals surface area contributed by atoms with Gasteiger partial charge in [0.05, 0.1) is 5.56 Å². The fourth-order valence-corrected chi connectivity index (χ4v) is 2.10. The molecule has 106 valence electrons. The maximum atomic E-state index is 11.9. The molecule has 8 heteroatoms. The van der Waals surface area contributed by atoms with Gasteiger partial charge in [-0.25, -0.2) is 4.98 Å². The topological polar surface area (TPSA) is 75.6 Å². The zero-order valence-corrected chi connectivity index (χ0v) is 12.5. The molecule has 6 nitrogen and oxygen atoms in total. The Bertz CT molecular complexity index is 649. The van der Waals surface area contributed by atoms with Gasteiger partial charge in [-0.05, 0) is 24.4 Å². The molecule has 1 amide bonds. The van der Waals surface area contributed by atoms with E-state index in [1.807, 2.05) is 11.5 Å². The first-order valence-corrected chi connectivity index (χ1v) is 6.94. The third kappa shape index (κ3) is 3.43. The minimum atomic E-state index is -0.192. The van der Waals surface area contributed by atoms with Crippen LogP contribution in [0.5, 0.6) is 0 Å². The molecule has 0 unspecified atom stereocenters. The lowest BCUT2D eigenvalue weighted by molar-refractivity contribution is 0.0952. The van der Waals surface area contributed by atoms with Crippen LogP contribution in [0.3, 0.4) is 0 Å². The Kier molecular flexibility index (Phi) is 4.86. The average Bonchev–Trinajstić information content (AvgIpc) is 2.80. The highest BCUT2D eigenvalue weighted by molar-refractivity contribution is 7.71. The minimum absolute atomic E-state index is 0.192. The number of nitrogens with zero attached hydrogens (tertiary/aromatic N) is 3. The standard InChI is InChI=1S/C12H14ClN5OS/c1-2-10-16-17-12(20)18(10)6-5-14-11(19)8-3-4-9(13)15-7-8/h3-4,7H,2,5-6H2,1H3,(H,14,19)(H,17,20). The van der Waals surface area contributed by atoms with E-state index in [1.54, 1.807) is 12.1 Å². The lowest BCUT2D eigenvalue weighted by atomic mass is 10.3. The first-order valence-electron chi connectivity index (χ1n) is 6.15. The monoisotopic (exact) mass is 311 g/mol. The Balaban J connectivity index is 1.92. The molecule has 0 aromatic carbocycles. The summed E-state index contributed by atoms with van der Waals surface area (Å²) in [6, 6.07) is 3.21. The molecule has 2 heterocycles. The minimum Gasteiger partial charge on any atom is -0.350 e. The zero-order valence-electron chi connectivity index (χ0n) is 10.9. The normalized spacial score (nSPS) is 10.5. The highest BCUT2D eigenvalue weighted by Crippen LogP contribution is 2.05. The van der Waals surface area contributed by atoms with Crippen LogP contribution in [0, 0.1) is 4.77 Å². The first kappa shape index (κ1) is 14.7. The molecule has 0 aliphatic heterocycles. The molecule has 0 spiro atoms. The maximum absolute atomic E-state index is 11.9. The first-order chi connectivity index (χ1) is 9.61. The lowest BCUT2D eigenvalue weighted by Gasteiger charge is -2.07. The second-order valence-corrected chi connectivity index (χ2v) is 4.85. The number of hydrogen-bond acceptors (Lipinski definition) is 4. The number of carbonyl (C=O) groups excluding carboxylic acids is 1. The molecule has 0 aliphatic carbocycles. The third-order valence-electron chi connectivity index (χ3n) is 2.76. The number of pyridine rings is 1. The number of H-pyrrole nitrogens is 1. The van der Waals surface area contributed by atoms with Gasteiger partial charge in [0, 0.05) is 25.7 Å². The smallest absolute Gasteiger partial charge is 0.252 e. The Morgan fingerprint density at radius 2 is 2.35 bits per heavy atom. The average molecular weight is 312 g/mol. The lowest BCUT2D eigenvalue weighted by Crippen LogP contribution is -2.27. The van der Waals surface area contributed by atoms with Crippen LogP contribution >= 0.6 is 23.8 Å². The number of halogens is 1. The van der Waals surface area contributed by atoms with Crippen LogP contribution in [0.1, 0.15) is 23.1 Å². The van der Waals surface area contributed by atoms with Gasteiger partial charge < -0.3 is 9.88 Å². The summed E-state index contributed by atoms with van der Waals surface area (Å²) in [6.45, 7) is 3.03. The number of aromatic amines is 1. The van der Waals surface area contributed by atoms with Crippen molar-refractivity contribution in [2.75, 3.05) is 6.54 Å². The van der Waals surface area contributed by atoms with Gasteiger partial charge in [-0.3, -0.25) is 9.89 Å². The number of amides is 1. The van der Waals surface area contributed by atoms with Gasteiger partial charge in [-0.1, -0.05) is 18.5 Å². The van der Waals surface area contributed by atoms with Gasteiger partial charge in [0.25, 0.3) is 5.91 Å². The van der Waals surface area contributed by atoms with Crippen molar-refractivity contribution in [1.29, 1.82) is 0 Å². The van der Waals surface area contributed by atoms with Crippen LogP contribution in [0.4, 0.5) is 0 Å². The number of aryl methyl sites for hydroxylation is 1. The number of aromatic nitrogens is 4. The van der Waals surface area contributed by atoms with E-state index in [0.717, 1.165) is 12.2 Å². The summed E-state index contributed by atoms with van der Waals surface area (Å²) in [5, 5.41) is 10.0. The predicted molar refractivity (Wildman–Crippen MR) is 78.4 cm³/mol. The largest absolute Gasteiger partial charge is 0.350 e. The molecular weight excluding hydrogens is 298 g/mol. The van der Waals surface area contributed by atoms with Crippen molar-refractivity contribution in [3.05, 3.63) is 39.6 Å². The van der Waals surface area contributed by atoms with Crippen molar-refractivity contribution in [1.82, 2.24) is 25.1 Å². The summed E-state index contributed by atoms with van der Waals surface area (Å²) in [4.78, 5) is 15.7. The van der Waals surface area contributed by atoms with Crippen LogP contribution in [0.25, 0.3) is 0 Å². The van der Waals surface area contributed by atoms with Crippen molar-refractivity contribution in [2.24, 2.45) is 0 Å². The number of nitrogens with one attached hydrogen (secondary N) is 2. The highest BCUT2D eigenvalue weighted by atomic mass is 35.5. The second-order valence-electron chi connectivity index (χ2n) is 4.08. The maximum Gasteiger partial charge on any atom is 0.252 e. The predicted octanol–water partition coefficient (Wildman–Crippen LogP) is 1.98. The van der Waals surface area contributed by atoms with Crippen molar-refractivity contribution in [2.45, 2.75) is 19.9 Å². The van der Waals surface area contributed by atoms with Crippen LogP contribution in [-0.4, -0.2) is 32.2 Å². The molecule has 2 aromatic heterocycles. The molecule has 0 atom stereocenters. The van der Waals surface area contributed by atoms with Gasteiger partial charge in [0.2, 0.25) is 0 Å². The van der Waals surface area contributed by atoms with Crippen molar-refractivity contribution < 1.29 is 4.79 Å². The Morgan fingerprint density at radius 1 is 1.55 bits per heavy atom. The van der Waals surface area contributed by atoms with E-state index < -0.39 is 0 Å². The second kappa shape index (κ2) is 6.62. The molecule has 0 radical (unpaired) electrons. The molecule has 0 fully saturated rings. The fourth-order valence-electron chi connectivity index (χ4n) is 1.74. The molecule has 2 aromatic rings. The van der Waals surface area contributed by atoms with E-state index in [1.165, 1.54) is 6.20 Å². The Morgan fingerprint density at radius 3 is 3.00 bits per heavy atom. The quantitative estimate of drug-likeness (QED) is 0.654. The van der Waals surface area contributed by atoms with Crippen LogP contribution in [0.2, 0.25) is 5.15 Å². The summed E-state index contributed by atoms with van der Waals surface area (Å²) in [5.74, 6) is 0.680. The van der Waals surface area contributed by atoms with E-state index in [4.69, 9.17) is 23.8 Å². The van der Waals surface area contributed by atoms with E-state index in [-0.39, 0.29) is 5.91 Å². The number of rotatable bonds is 5. The van der Waals surface area contributed by atoms with Gasteiger partial charge in [0.15, 0.2) is 4.77 Å². The van der Waals surface area contributed by atoms with Crippen molar-refractivity contribution in [3.63, 3.8) is 0 Å². The summed E-state index contributed by atoms with van der Waals surface area (Å²) in [6.07, 6.45) is 2.22. The number of hydrogen-bond donors (Lipinski definition) is 2. The van der Waals surface area contributed by atoms with Gasteiger partial charge >= 0.3 is 0 Å². The molecular formula is C12H14ClN5OS. The zero-order chi connectivity index (χ0) is 14.5. The van der Waals surface area contributed by atoms with E-state index in [9.17, 15) is 4.79 Å². The molecule has 2 N–H and O–H groups in total. The highest BCUT2D eigenvalue weighted by Gasteiger charge is 2.07. The molecule has 0 saturated heterocycles. The van der Waals surface area contributed by atoms with E-state index >= 15 is 0 Å². The van der Waals surface area contributed by atoms with Gasteiger partial charge in [-0.2, -0.15) is 5.10 Å². The molecule has 0 aliphatic rings. The van der Waals surface area contributed by atoms with Crippen LogP contribution < -0.4 is 5.32 Å². The van der Waals surface area contributed by atoms with Crippen molar-refractivity contribution >= 4 is 29.7 Å². The summed E-state index contributed by atoms with van der Waals surface area (Å²) >= 11 is 10.8. The van der Waals surface area contributed by atoms with Crippen LogP contribution in [0.15, 0.2) is 18.3 Å². The summed E-state index contributed by atoms with van der Waals surface area (Å²) in [5.41, 5.74) is 0.473. The van der Waals surface area contributed by atoms with Gasteiger partial charge in [-0.15, -0.1) is 0 Å². The van der Waals surface area contributed by atoms with E-state index in [0.29, 0.717) is 28.6 Å². The fraction of sp³-hybridized carbons (Fsp3) is 0.333. The molecule has 2 rings (SSSR count). The summed E-state index contributed by atoms with van der Waals surface area (Å²) in [7, 11) is 0. The van der Waals surface area contributed by atoms with Gasteiger partial charge in [0.1, 0.15) is 11.0 Å². The molecule has 0 bridgehead atoms. The Hall–Kier alpha value is -1.73. The molecule has 0 saturated carbocycles. The SMILES string of the molecule is CCc1n[nH]c(=S)n1CCNC(=O)c1ccc(Cl)nc1. The van der Waals surface area contributed by atoms with E-state index in [2.05, 4.69) is 20.5 Å². The Labute approximate surface area is 126 Å².